The van der Waals surface area contributed by atoms with Crippen LogP contribution in [0.3, 0.4) is 0 Å². The van der Waals surface area contributed by atoms with Crippen LogP contribution in [0.15, 0.2) is 100 Å². The molecule has 10 nitrogen and oxygen atoms in total. The van der Waals surface area contributed by atoms with E-state index in [1.165, 1.54) is 15.3 Å². The normalized spacial score (nSPS) is 11.3. The molecule has 0 saturated carbocycles. The molecule has 0 bridgehead atoms. The number of nitrogens with one attached hydrogen (secondary N) is 1. The highest BCUT2D eigenvalue weighted by atomic mass is 16.5. The number of nitriles is 1. The van der Waals surface area contributed by atoms with Gasteiger partial charge >= 0.3 is 0 Å². The van der Waals surface area contributed by atoms with Crippen LogP contribution in [0.4, 0.5) is 5.69 Å². The Kier molecular flexibility index (Phi) is 6.63. The van der Waals surface area contributed by atoms with E-state index in [9.17, 15) is 19.6 Å². The molecular weight excluding hydrogens is 496 g/mol. The summed E-state index contributed by atoms with van der Waals surface area (Å²) < 4.78 is 10.2. The van der Waals surface area contributed by atoms with E-state index in [2.05, 4.69) is 10.3 Å². The third kappa shape index (κ3) is 4.72. The van der Waals surface area contributed by atoms with Crippen molar-refractivity contribution in [2.75, 3.05) is 5.32 Å². The number of carbonyl (C=O) groups excluding carboxylic acids is 1. The molecule has 0 aliphatic rings. The second kappa shape index (κ2) is 10.4. The first-order valence-corrected chi connectivity index (χ1v) is 11.9. The predicted molar refractivity (Wildman–Crippen MR) is 146 cm³/mol. The molecule has 10 heteroatoms. The number of nitrogens with zero attached hydrogens (tertiary/aromatic N) is 5. The van der Waals surface area contributed by atoms with Crippen LogP contribution < -0.4 is 21.2 Å². The van der Waals surface area contributed by atoms with Crippen molar-refractivity contribution in [2.24, 2.45) is 7.05 Å². The average molecular weight is 519 g/mol. The van der Waals surface area contributed by atoms with E-state index in [-0.39, 0.29) is 17.1 Å². The first kappa shape index (κ1) is 25.0. The quantitative estimate of drug-likeness (QED) is 0.269. The number of hydrogen-bond donors (Lipinski definition) is 1. The highest BCUT2D eigenvalue weighted by Gasteiger charge is 2.22. The van der Waals surface area contributed by atoms with Gasteiger partial charge in [0, 0.05) is 13.2 Å². The van der Waals surface area contributed by atoms with Crippen molar-refractivity contribution in [3.05, 3.63) is 123 Å². The number of carbonyl (C=O) groups is 1. The van der Waals surface area contributed by atoms with Crippen molar-refractivity contribution in [1.82, 2.24) is 18.7 Å². The van der Waals surface area contributed by atoms with Crippen LogP contribution in [0.25, 0.3) is 17.4 Å². The van der Waals surface area contributed by atoms with Crippen molar-refractivity contribution in [3.8, 4) is 23.4 Å². The van der Waals surface area contributed by atoms with Crippen molar-refractivity contribution in [2.45, 2.75) is 6.92 Å². The number of hydrogen-bond acceptors (Lipinski definition) is 6. The molecule has 0 fully saturated rings. The number of benzene rings is 2. The fourth-order valence-corrected chi connectivity index (χ4v) is 4.07. The molecule has 5 aromatic rings. The SMILES string of the molecule is Cc1c(NC(=O)/C(C#N)=C/c2c(Oc3ccccc3)nc3ccccn3c2=O)c(=O)n(-c2ccccc2)n1C. The number of para-hydroxylation sites is 2. The number of anilines is 1. The van der Waals surface area contributed by atoms with Crippen molar-refractivity contribution in [1.29, 1.82) is 5.26 Å². The maximum Gasteiger partial charge on any atom is 0.295 e. The number of rotatable bonds is 6. The van der Waals surface area contributed by atoms with E-state index in [4.69, 9.17) is 4.74 Å². The van der Waals surface area contributed by atoms with E-state index < -0.39 is 22.6 Å². The minimum absolute atomic E-state index is 0.0154. The Labute approximate surface area is 222 Å². The average Bonchev–Trinajstić information content (AvgIpc) is 3.16. The zero-order valence-corrected chi connectivity index (χ0v) is 21.0. The van der Waals surface area contributed by atoms with Crippen LogP contribution in [-0.4, -0.2) is 24.7 Å². The summed E-state index contributed by atoms with van der Waals surface area (Å²) in [5.41, 5.74) is -0.0618. The van der Waals surface area contributed by atoms with Gasteiger partial charge in [-0.2, -0.15) is 10.2 Å². The summed E-state index contributed by atoms with van der Waals surface area (Å²) in [6.07, 6.45) is 2.65. The van der Waals surface area contributed by atoms with Crippen LogP contribution >= 0.6 is 0 Å². The molecular formula is C29H22N6O4. The second-order valence-corrected chi connectivity index (χ2v) is 8.54. The molecule has 2 aromatic carbocycles. The Hall–Kier alpha value is -5.69. The maximum absolute atomic E-state index is 13.4. The molecule has 1 amide bonds. The summed E-state index contributed by atoms with van der Waals surface area (Å²) in [7, 11) is 1.69. The summed E-state index contributed by atoms with van der Waals surface area (Å²) in [5, 5.41) is 12.4. The molecule has 0 aliphatic carbocycles. The van der Waals surface area contributed by atoms with Crippen LogP contribution in [0, 0.1) is 18.3 Å². The van der Waals surface area contributed by atoms with Gasteiger partial charge in [-0.15, -0.1) is 0 Å². The lowest BCUT2D eigenvalue weighted by Crippen LogP contribution is -2.24. The summed E-state index contributed by atoms with van der Waals surface area (Å²) in [4.78, 5) is 44.3. The molecule has 39 heavy (non-hydrogen) atoms. The predicted octanol–water partition coefficient (Wildman–Crippen LogP) is 3.83. The van der Waals surface area contributed by atoms with E-state index in [0.717, 1.165) is 6.08 Å². The topological polar surface area (TPSA) is 123 Å². The molecule has 3 heterocycles. The number of pyridine rings is 1. The Morgan fingerprint density at radius 2 is 1.64 bits per heavy atom. The first-order chi connectivity index (χ1) is 18.9. The Morgan fingerprint density at radius 3 is 2.33 bits per heavy atom. The standard InChI is InChI=1S/C29H22N6O4/c1-19-25(29(38)35(33(19)2)21-11-5-3-6-12-21)32-26(36)20(18-30)17-23-27(39-22-13-7-4-8-14-22)31-24-15-9-10-16-34(24)28(23)37/h3-17H,1-2H3,(H,32,36)/b20-17+. The lowest BCUT2D eigenvalue weighted by Gasteiger charge is -2.10. The van der Waals surface area contributed by atoms with Gasteiger partial charge in [0.15, 0.2) is 0 Å². The van der Waals surface area contributed by atoms with Crippen molar-refractivity contribution < 1.29 is 9.53 Å². The minimum atomic E-state index is -0.855. The molecule has 0 unspecified atom stereocenters. The van der Waals surface area contributed by atoms with Gasteiger partial charge in [0.1, 0.15) is 34.3 Å². The third-order valence-corrected chi connectivity index (χ3v) is 6.14. The summed E-state index contributed by atoms with van der Waals surface area (Å²) in [6, 6.07) is 24.5. The van der Waals surface area contributed by atoms with Gasteiger partial charge in [-0.25, -0.2) is 4.68 Å². The number of fused-ring (bicyclic) bond motifs is 1. The molecule has 1 N–H and O–H groups in total. The molecule has 0 radical (unpaired) electrons. The molecule has 192 valence electrons. The highest BCUT2D eigenvalue weighted by molar-refractivity contribution is 6.10. The van der Waals surface area contributed by atoms with Gasteiger partial charge in [-0.3, -0.25) is 23.5 Å². The van der Waals surface area contributed by atoms with Crippen molar-refractivity contribution in [3.63, 3.8) is 0 Å². The summed E-state index contributed by atoms with van der Waals surface area (Å²) >= 11 is 0. The van der Waals surface area contributed by atoms with E-state index in [1.54, 1.807) is 85.4 Å². The number of amides is 1. The van der Waals surface area contributed by atoms with Gasteiger partial charge < -0.3 is 10.1 Å². The van der Waals surface area contributed by atoms with Crippen molar-refractivity contribution >= 4 is 23.3 Å². The number of aromatic nitrogens is 4. The van der Waals surface area contributed by atoms with Crippen LogP contribution in [0.1, 0.15) is 11.3 Å². The third-order valence-electron chi connectivity index (χ3n) is 6.14. The van der Waals surface area contributed by atoms with E-state index in [0.29, 0.717) is 22.8 Å². The van der Waals surface area contributed by atoms with Gasteiger partial charge in [0.05, 0.1) is 11.4 Å². The van der Waals surface area contributed by atoms with Gasteiger partial charge in [0.2, 0.25) is 5.88 Å². The smallest absolute Gasteiger partial charge is 0.295 e. The molecule has 0 saturated heterocycles. The lowest BCUT2D eigenvalue weighted by atomic mass is 10.1. The van der Waals surface area contributed by atoms with Crippen LogP contribution in [-0.2, 0) is 11.8 Å². The molecule has 3 aromatic heterocycles. The first-order valence-electron chi connectivity index (χ1n) is 11.9. The monoisotopic (exact) mass is 518 g/mol. The minimum Gasteiger partial charge on any atom is -0.438 e. The Bertz CT molecular complexity index is 1890. The highest BCUT2D eigenvalue weighted by Crippen LogP contribution is 2.24. The molecule has 0 spiro atoms. The Morgan fingerprint density at radius 1 is 0.974 bits per heavy atom. The van der Waals surface area contributed by atoms with Gasteiger partial charge in [0.25, 0.3) is 17.0 Å². The molecule has 0 aliphatic heterocycles. The van der Waals surface area contributed by atoms with Crippen LogP contribution in [0.2, 0.25) is 0 Å². The van der Waals surface area contributed by atoms with Gasteiger partial charge in [-0.1, -0.05) is 42.5 Å². The van der Waals surface area contributed by atoms with Gasteiger partial charge in [-0.05, 0) is 49.4 Å². The van der Waals surface area contributed by atoms with E-state index in [1.807, 2.05) is 18.2 Å². The second-order valence-electron chi connectivity index (χ2n) is 8.54. The largest absolute Gasteiger partial charge is 0.438 e. The number of ether oxygens (including phenoxy) is 1. The summed E-state index contributed by atoms with van der Waals surface area (Å²) in [6.45, 7) is 1.68. The maximum atomic E-state index is 13.4. The van der Waals surface area contributed by atoms with Crippen LogP contribution in [0.5, 0.6) is 11.6 Å². The Balaban J connectivity index is 1.57. The molecule has 5 rings (SSSR count). The van der Waals surface area contributed by atoms with E-state index >= 15 is 0 Å². The molecule has 0 atom stereocenters. The fourth-order valence-electron chi connectivity index (χ4n) is 4.07. The zero-order chi connectivity index (χ0) is 27.5. The lowest BCUT2D eigenvalue weighted by molar-refractivity contribution is -0.112. The fraction of sp³-hybridized carbons (Fsp3) is 0.0690. The zero-order valence-electron chi connectivity index (χ0n) is 21.0. The summed E-state index contributed by atoms with van der Waals surface area (Å²) in [5.74, 6) is -0.504.